The van der Waals surface area contributed by atoms with Crippen LogP contribution in [-0.4, -0.2) is 24.1 Å². The molecule has 0 spiro atoms. The second-order valence-corrected chi connectivity index (χ2v) is 8.69. The molecule has 0 radical (unpaired) electrons. The van der Waals surface area contributed by atoms with E-state index in [1.165, 1.54) is 16.9 Å². The predicted octanol–water partition coefficient (Wildman–Crippen LogP) is 3.93. The first-order chi connectivity index (χ1) is 13.7. The number of thiazole rings is 1. The average Bonchev–Trinajstić information content (AvgIpc) is 3.17. The van der Waals surface area contributed by atoms with Gasteiger partial charge in [-0.1, -0.05) is 42.1 Å². The average molecular weight is 410 g/mol. The smallest absolute Gasteiger partial charge is 0.258 e. The van der Waals surface area contributed by atoms with E-state index >= 15 is 0 Å². The molecule has 5 rings (SSSR count). The summed E-state index contributed by atoms with van der Waals surface area (Å²) in [7, 11) is 0. The minimum Gasteiger partial charge on any atom is -0.306 e. The summed E-state index contributed by atoms with van der Waals surface area (Å²) in [4.78, 5) is 17.5. The summed E-state index contributed by atoms with van der Waals surface area (Å²) in [5, 5.41) is 11.7. The highest BCUT2D eigenvalue weighted by Crippen LogP contribution is 2.54. The van der Waals surface area contributed by atoms with Crippen molar-refractivity contribution < 1.29 is 0 Å². The number of hydrogen-bond donors (Lipinski definition) is 0. The van der Waals surface area contributed by atoms with Crippen molar-refractivity contribution in [2.75, 3.05) is 0 Å². The highest BCUT2D eigenvalue weighted by molar-refractivity contribution is 7.98. The van der Waals surface area contributed by atoms with Crippen molar-refractivity contribution in [1.29, 1.82) is 0 Å². The molecule has 2 unspecified atom stereocenters. The molecule has 2 atom stereocenters. The first-order valence-electron chi connectivity index (χ1n) is 9.31. The Kier molecular flexibility index (Phi) is 4.52. The maximum atomic E-state index is 12.2. The molecule has 28 heavy (non-hydrogen) atoms. The maximum absolute atomic E-state index is 12.2. The van der Waals surface area contributed by atoms with Gasteiger partial charge in [-0.25, -0.2) is 4.98 Å². The lowest BCUT2D eigenvalue weighted by Gasteiger charge is -2.07. The number of hydrogen-bond acceptors (Lipinski definition) is 6. The Hall–Kier alpha value is -2.45. The van der Waals surface area contributed by atoms with Gasteiger partial charge in [0, 0.05) is 35.9 Å². The molecule has 3 heterocycles. The Balaban J connectivity index is 1.34. The second-order valence-electron chi connectivity index (χ2n) is 6.87. The third-order valence-corrected chi connectivity index (χ3v) is 6.87. The summed E-state index contributed by atoms with van der Waals surface area (Å²) < 4.78 is 3.77. The molecule has 4 aromatic rings. The van der Waals surface area contributed by atoms with Gasteiger partial charge >= 0.3 is 0 Å². The molecule has 0 N–H and O–H groups in total. The summed E-state index contributed by atoms with van der Waals surface area (Å²) in [6.07, 6.45) is 2.88. The molecular formula is C20H19N5OS2. The van der Waals surface area contributed by atoms with Crippen LogP contribution in [0, 0.1) is 0 Å². The van der Waals surface area contributed by atoms with Gasteiger partial charge in [-0.3, -0.25) is 9.20 Å². The van der Waals surface area contributed by atoms with Gasteiger partial charge in [0.25, 0.3) is 5.56 Å². The lowest BCUT2D eigenvalue weighted by atomic mass is 10.1. The van der Waals surface area contributed by atoms with E-state index in [9.17, 15) is 4.79 Å². The fourth-order valence-electron chi connectivity index (χ4n) is 3.63. The molecule has 0 saturated heterocycles. The summed E-state index contributed by atoms with van der Waals surface area (Å²) in [6.45, 7) is 2.96. The fourth-order valence-corrected chi connectivity index (χ4v) is 5.27. The zero-order valence-electron chi connectivity index (χ0n) is 15.4. The van der Waals surface area contributed by atoms with Crippen LogP contribution in [0.1, 0.15) is 42.3 Å². The van der Waals surface area contributed by atoms with E-state index < -0.39 is 0 Å². The molecule has 0 aliphatic heterocycles. The van der Waals surface area contributed by atoms with Gasteiger partial charge in [-0.05, 0) is 24.8 Å². The van der Waals surface area contributed by atoms with Gasteiger partial charge in [0.05, 0.1) is 5.69 Å². The van der Waals surface area contributed by atoms with Crippen LogP contribution in [0.2, 0.25) is 0 Å². The largest absolute Gasteiger partial charge is 0.306 e. The van der Waals surface area contributed by atoms with E-state index in [4.69, 9.17) is 0 Å². The van der Waals surface area contributed by atoms with Crippen LogP contribution in [0.5, 0.6) is 0 Å². The number of nitrogens with zero attached hydrogens (tertiary/aromatic N) is 5. The maximum Gasteiger partial charge on any atom is 0.258 e. The fraction of sp³-hybridized carbons (Fsp3) is 0.300. The summed E-state index contributed by atoms with van der Waals surface area (Å²) >= 11 is 3.06. The second kappa shape index (κ2) is 7.18. The Morgan fingerprint density at radius 2 is 2.07 bits per heavy atom. The van der Waals surface area contributed by atoms with E-state index in [2.05, 4.69) is 57.0 Å². The SMILES string of the molecule is CCn1c(SCc2cc(=O)n3ccsc3n2)nnc1C1CC1c1ccccc1. The molecule has 0 amide bonds. The van der Waals surface area contributed by atoms with Crippen molar-refractivity contribution in [3.05, 3.63) is 75.4 Å². The molecule has 1 saturated carbocycles. The van der Waals surface area contributed by atoms with E-state index in [0.29, 0.717) is 17.6 Å². The Labute approximate surface area is 170 Å². The lowest BCUT2D eigenvalue weighted by molar-refractivity contribution is 0.640. The van der Waals surface area contributed by atoms with Crippen molar-refractivity contribution >= 4 is 28.1 Å². The van der Waals surface area contributed by atoms with E-state index in [1.54, 1.807) is 28.4 Å². The van der Waals surface area contributed by atoms with Gasteiger partial charge in [0.2, 0.25) is 0 Å². The summed E-state index contributed by atoms with van der Waals surface area (Å²) in [5.41, 5.74) is 2.11. The Morgan fingerprint density at radius 1 is 1.21 bits per heavy atom. The number of benzene rings is 1. The van der Waals surface area contributed by atoms with E-state index in [-0.39, 0.29) is 5.56 Å². The third-order valence-electron chi connectivity index (χ3n) is 5.12. The number of aromatic nitrogens is 5. The van der Waals surface area contributed by atoms with Crippen molar-refractivity contribution in [1.82, 2.24) is 24.1 Å². The molecule has 142 valence electrons. The molecule has 6 nitrogen and oxygen atoms in total. The van der Waals surface area contributed by atoms with Crippen LogP contribution in [0.3, 0.4) is 0 Å². The zero-order valence-corrected chi connectivity index (χ0v) is 17.0. The van der Waals surface area contributed by atoms with Crippen LogP contribution in [-0.2, 0) is 12.3 Å². The van der Waals surface area contributed by atoms with Crippen molar-refractivity contribution in [2.24, 2.45) is 0 Å². The van der Waals surface area contributed by atoms with E-state index in [1.807, 2.05) is 5.38 Å². The monoisotopic (exact) mass is 409 g/mol. The first kappa shape index (κ1) is 17.6. The number of rotatable bonds is 6. The molecule has 3 aromatic heterocycles. The van der Waals surface area contributed by atoms with Crippen LogP contribution in [0.4, 0.5) is 0 Å². The molecule has 1 fully saturated rings. The summed E-state index contributed by atoms with van der Waals surface area (Å²) in [5.74, 6) is 2.65. The summed E-state index contributed by atoms with van der Waals surface area (Å²) in [6, 6.07) is 12.2. The Morgan fingerprint density at radius 3 is 2.89 bits per heavy atom. The standard InChI is InChI=1S/C20H19N5OS2/c1-2-24-18(16-11-15(16)13-6-4-3-5-7-13)22-23-20(24)28-12-14-10-17(26)25-8-9-27-19(25)21-14/h3-10,15-16H,2,11-12H2,1H3. The minimum atomic E-state index is -0.0387. The normalized spacial score (nSPS) is 18.6. The van der Waals surface area contributed by atoms with Crippen LogP contribution in [0.15, 0.2) is 57.9 Å². The third kappa shape index (κ3) is 3.16. The van der Waals surface area contributed by atoms with Gasteiger partial charge < -0.3 is 4.57 Å². The first-order valence-corrected chi connectivity index (χ1v) is 11.2. The van der Waals surface area contributed by atoms with Gasteiger partial charge in [0.15, 0.2) is 10.1 Å². The number of thioether (sulfide) groups is 1. The van der Waals surface area contributed by atoms with E-state index in [0.717, 1.165) is 34.6 Å². The van der Waals surface area contributed by atoms with Gasteiger partial charge in [-0.15, -0.1) is 21.5 Å². The highest BCUT2D eigenvalue weighted by atomic mass is 32.2. The van der Waals surface area contributed by atoms with Crippen LogP contribution in [0.25, 0.3) is 4.96 Å². The van der Waals surface area contributed by atoms with Crippen LogP contribution >= 0.6 is 23.1 Å². The molecule has 1 aromatic carbocycles. The highest BCUT2D eigenvalue weighted by Gasteiger charge is 2.43. The Bertz CT molecular complexity index is 1180. The zero-order chi connectivity index (χ0) is 19.1. The molecule has 0 bridgehead atoms. The molecule has 1 aliphatic rings. The minimum absolute atomic E-state index is 0.0387. The number of fused-ring (bicyclic) bond motifs is 1. The predicted molar refractivity (Wildman–Crippen MR) is 111 cm³/mol. The quantitative estimate of drug-likeness (QED) is 0.452. The van der Waals surface area contributed by atoms with Crippen molar-refractivity contribution in [3.63, 3.8) is 0 Å². The van der Waals surface area contributed by atoms with Gasteiger partial charge in [0.1, 0.15) is 5.82 Å². The van der Waals surface area contributed by atoms with Gasteiger partial charge in [-0.2, -0.15) is 0 Å². The molecular weight excluding hydrogens is 390 g/mol. The molecule has 1 aliphatic carbocycles. The lowest BCUT2D eigenvalue weighted by Crippen LogP contribution is -2.12. The molecule has 8 heteroatoms. The topological polar surface area (TPSA) is 65.1 Å². The van der Waals surface area contributed by atoms with Crippen molar-refractivity contribution in [3.8, 4) is 0 Å². The van der Waals surface area contributed by atoms with Crippen molar-refractivity contribution in [2.45, 2.75) is 42.6 Å². The van der Waals surface area contributed by atoms with Crippen LogP contribution < -0.4 is 5.56 Å².